The van der Waals surface area contributed by atoms with E-state index in [9.17, 15) is 9.59 Å². The van der Waals surface area contributed by atoms with Gasteiger partial charge < -0.3 is 25.4 Å². The molecule has 9 heteroatoms. The fraction of sp³-hybridized carbons (Fsp3) is 0.455. The Bertz CT molecular complexity index is 1010. The minimum absolute atomic E-state index is 0.0149. The molecule has 1 aliphatic heterocycles. The third-order valence-corrected chi connectivity index (χ3v) is 5.72. The zero-order valence-corrected chi connectivity index (χ0v) is 18.0. The SMILES string of the molecule is CNC/C=C/C(=O)N1CC(N(CC2CC2)c2cc(-c3ccnc(NC)n3)c[nH]c2=O)C1. The van der Waals surface area contributed by atoms with Gasteiger partial charge in [-0.15, -0.1) is 0 Å². The molecular weight excluding hydrogens is 394 g/mol. The summed E-state index contributed by atoms with van der Waals surface area (Å²) in [7, 11) is 3.61. The number of aromatic nitrogens is 3. The molecule has 2 fully saturated rings. The predicted molar refractivity (Wildman–Crippen MR) is 121 cm³/mol. The Morgan fingerprint density at radius 2 is 2.16 bits per heavy atom. The highest BCUT2D eigenvalue weighted by molar-refractivity contribution is 5.88. The quantitative estimate of drug-likeness (QED) is 0.518. The summed E-state index contributed by atoms with van der Waals surface area (Å²) >= 11 is 0. The molecule has 31 heavy (non-hydrogen) atoms. The molecule has 0 bridgehead atoms. The second kappa shape index (κ2) is 9.30. The number of nitrogens with one attached hydrogen (secondary N) is 3. The van der Waals surface area contributed by atoms with Gasteiger partial charge in [0.1, 0.15) is 5.69 Å². The maximum absolute atomic E-state index is 12.8. The first-order valence-corrected chi connectivity index (χ1v) is 10.7. The molecular formula is C22H29N7O2. The number of rotatable bonds is 9. The maximum atomic E-state index is 12.8. The average Bonchev–Trinajstić information content (AvgIpc) is 3.57. The molecule has 1 aliphatic carbocycles. The van der Waals surface area contributed by atoms with Crippen molar-refractivity contribution in [2.24, 2.45) is 5.92 Å². The molecule has 0 aromatic carbocycles. The summed E-state index contributed by atoms with van der Waals surface area (Å²) in [5, 5.41) is 5.93. The first-order valence-electron chi connectivity index (χ1n) is 10.7. The van der Waals surface area contributed by atoms with E-state index in [-0.39, 0.29) is 17.5 Å². The van der Waals surface area contributed by atoms with E-state index in [0.717, 1.165) is 17.8 Å². The molecule has 0 unspecified atom stereocenters. The summed E-state index contributed by atoms with van der Waals surface area (Å²) in [5.74, 6) is 1.15. The minimum Gasteiger partial charge on any atom is -0.360 e. The lowest BCUT2D eigenvalue weighted by Crippen LogP contribution is -2.62. The van der Waals surface area contributed by atoms with E-state index >= 15 is 0 Å². The molecule has 1 amide bonds. The molecule has 3 N–H and O–H groups in total. The zero-order chi connectivity index (χ0) is 21.8. The molecule has 2 aromatic heterocycles. The van der Waals surface area contributed by atoms with Gasteiger partial charge in [-0.2, -0.15) is 0 Å². The molecule has 2 aliphatic rings. The number of H-pyrrole nitrogens is 1. The van der Waals surface area contributed by atoms with E-state index in [1.54, 1.807) is 25.5 Å². The second-order valence-electron chi connectivity index (χ2n) is 8.07. The number of likely N-dealkylation sites (N-methyl/N-ethyl adjacent to an activating group) is 1. The largest absolute Gasteiger partial charge is 0.360 e. The van der Waals surface area contributed by atoms with Gasteiger partial charge in [0.05, 0.1) is 11.7 Å². The minimum atomic E-state index is -0.119. The molecule has 164 valence electrons. The molecule has 0 radical (unpaired) electrons. The van der Waals surface area contributed by atoms with Crippen LogP contribution in [0.15, 0.2) is 41.5 Å². The molecule has 0 spiro atoms. The third kappa shape index (κ3) is 4.93. The normalized spacial score (nSPS) is 16.4. The lowest BCUT2D eigenvalue weighted by atomic mass is 10.0. The summed E-state index contributed by atoms with van der Waals surface area (Å²) in [6, 6.07) is 3.86. The number of hydrogen-bond acceptors (Lipinski definition) is 7. The molecule has 2 aromatic rings. The van der Waals surface area contributed by atoms with Gasteiger partial charge in [0.15, 0.2) is 0 Å². The number of hydrogen-bond donors (Lipinski definition) is 3. The highest BCUT2D eigenvalue weighted by Gasteiger charge is 2.37. The number of carbonyl (C=O) groups is 1. The van der Waals surface area contributed by atoms with Gasteiger partial charge in [-0.05, 0) is 37.9 Å². The Balaban J connectivity index is 1.54. The van der Waals surface area contributed by atoms with Gasteiger partial charge in [0.2, 0.25) is 11.9 Å². The van der Waals surface area contributed by atoms with Crippen LogP contribution in [0, 0.1) is 5.92 Å². The van der Waals surface area contributed by atoms with Crippen molar-refractivity contribution in [3.05, 3.63) is 47.0 Å². The molecule has 3 heterocycles. The van der Waals surface area contributed by atoms with Crippen molar-refractivity contribution in [1.29, 1.82) is 0 Å². The van der Waals surface area contributed by atoms with Crippen LogP contribution < -0.4 is 21.1 Å². The Hall–Kier alpha value is -3.20. The van der Waals surface area contributed by atoms with Gasteiger partial charge in [0, 0.05) is 57.3 Å². The van der Waals surface area contributed by atoms with Crippen LogP contribution in [0.25, 0.3) is 11.3 Å². The van der Waals surface area contributed by atoms with E-state index < -0.39 is 0 Å². The molecule has 9 nitrogen and oxygen atoms in total. The smallest absolute Gasteiger partial charge is 0.271 e. The Labute approximate surface area is 181 Å². The molecule has 4 rings (SSSR count). The number of likely N-dealkylation sites (tertiary alicyclic amines) is 1. The van der Waals surface area contributed by atoms with E-state index in [1.807, 2.05) is 30.2 Å². The van der Waals surface area contributed by atoms with Gasteiger partial charge >= 0.3 is 0 Å². The van der Waals surface area contributed by atoms with Crippen LogP contribution in [0.2, 0.25) is 0 Å². The molecule has 1 saturated heterocycles. The van der Waals surface area contributed by atoms with Crippen LogP contribution in [0.1, 0.15) is 12.8 Å². The Morgan fingerprint density at radius 1 is 1.35 bits per heavy atom. The second-order valence-corrected chi connectivity index (χ2v) is 8.07. The van der Waals surface area contributed by atoms with Crippen LogP contribution >= 0.6 is 0 Å². The van der Waals surface area contributed by atoms with Gasteiger partial charge in [-0.3, -0.25) is 9.59 Å². The number of carbonyl (C=O) groups excluding carboxylic acids is 1. The van der Waals surface area contributed by atoms with Crippen LogP contribution in [-0.4, -0.2) is 72.1 Å². The number of aromatic amines is 1. The summed E-state index contributed by atoms with van der Waals surface area (Å²) in [6.45, 7) is 2.74. The highest BCUT2D eigenvalue weighted by Crippen LogP contribution is 2.33. The summed E-state index contributed by atoms with van der Waals surface area (Å²) < 4.78 is 0. The maximum Gasteiger partial charge on any atom is 0.271 e. The summed E-state index contributed by atoms with van der Waals surface area (Å²) in [4.78, 5) is 40.6. The van der Waals surface area contributed by atoms with E-state index in [1.165, 1.54) is 12.8 Å². The number of nitrogens with zero attached hydrogens (tertiary/aromatic N) is 4. The van der Waals surface area contributed by atoms with E-state index in [4.69, 9.17) is 0 Å². The van der Waals surface area contributed by atoms with Crippen LogP contribution in [-0.2, 0) is 4.79 Å². The first-order chi connectivity index (χ1) is 15.1. The molecule has 1 saturated carbocycles. The number of amides is 1. The van der Waals surface area contributed by atoms with Crippen molar-refractivity contribution in [3.63, 3.8) is 0 Å². The first kappa shape index (κ1) is 21.0. The van der Waals surface area contributed by atoms with Crippen LogP contribution in [0.5, 0.6) is 0 Å². The monoisotopic (exact) mass is 423 g/mol. The number of anilines is 2. The number of pyridine rings is 1. The van der Waals surface area contributed by atoms with Crippen molar-refractivity contribution in [2.45, 2.75) is 18.9 Å². The Kier molecular flexibility index (Phi) is 6.31. The van der Waals surface area contributed by atoms with Crippen molar-refractivity contribution in [3.8, 4) is 11.3 Å². The lowest BCUT2D eigenvalue weighted by Gasteiger charge is -2.46. The van der Waals surface area contributed by atoms with Crippen molar-refractivity contribution < 1.29 is 4.79 Å². The van der Waals surface area contributed by atoms with Gasteiger partial charge in [0.25, 0.3) is 5.56 Å². The van der Waals surface area contributed by atoms with E-state index in [2.05, 4.69) is 30.5 Å². The van der Waals surface area contributed by atoms with Crippen LogP contribution in [0.4, 0.5) is 11.6 Å². The molecule has 0 atom stereocenters. The van der Waals surface area contributed by atoms with Crippen LogP contribution in [0.3, 0.4) is 0 Å². The average molecular weight is 424 g/mol. The standard InChI is InChI=1S/C22H29N7O2/c1-23-8-3-4-20(30)28-13-17(14-28)29(12-15-5-6-15)19-10-16(11-26-21(19)31)18-7-9-25-22(24-2)27-18/h3-4,7,9-11,15,17,23H,5-6,8,12-14H2,1-2H3,(H,26,31)(H,24,25,27)/b4-3+. The zero-order valence-electron chi connectivity index (χ0n) is 18.0. The predicted octanol–water partition coefficient (Wildman–Crippen LogP) is 1.08. The van der Waals surface area contributed by atoms with Crippen molar-refractivity contribution in [2.75, 3.05) is 50.5 Å². The van der Waals surface area contributed by atoms with Crippen molar-refractivity contribution >= 4 is 17.5 Å². The third-order valence-electron chi connectivity index (χ3n) is 5.72. The Morgan fingerprint density at radius 3 is 2.87 bits per heavy atom. The van der Waals surface area contributed by atoms with Gasteiger partial charge in [-0.1, -0.05) is 6.08 Å². The summed E-state index contributed by atoms with van der Waals surface area (Å²) in [6.07, 6.45) is 9.19. The van der Waals surface area contributed by atoms with Gasteiger partial charge in [-0.25, -0.2) is 9.97 Å². The topological polar surface area (TPSA) is 106 Å². The van der Waals surface area contributed by atoms with Crippen molar-refractivity contribution in [1.82, 2.24) is 25.2 Å². The fourth-order valence-electron chi connectivity index (χ4n) is 3.71. The van der Waals surface area contributed by atoms with E-state index in [0.29, 0.717) is 37.2 Å². The summed E-state index contributed by atoms with van der Waals surface area (Å²) in [5.41, 5.74) is 2.09. The lowest BCUT2D eigenvalue weighted by molar-refractivity contribution is -0.130. The highest BCUT2D eigenvalue weighted by atomic mass is 16.2. The fourth-order valence-corrected chi connectivity index (χ4v) is 3.71.